The van der Waals surface area contributed by atoms with Crippen LogP contribution in [0.2, 0.25) is 0 Å². The van der Waals surface area contributed by atoms with Crippen LogP contribution >= 0.6 is 0 Å². The van der Waals surface area contributed by atoms with Crippen molar-refractivity contribution in [3.63, 3.8) is 0 Å². The maximum absolute atomic E-state index is 4.51. The summed E-state index contributed by atoms with van der Waals surface area (Å²) in [5.41, 5.74) is 6.31. The first-order valence-electron chi connectivity index (χ1n) is 7.31. The molecular weight excluding hydrogens is 246 g/mol. The Labute approximate surface area is 120 Å². The summed E-state index contributed by atoms with van der Waals surface area (Å²) in [7, 11) is 0. The Hall–Kier alpha value is -1.87. The monoisotopic (exact) mass is 267 g/mol. The molecule has 3 nitrogen and oxygen atoms in total. The summed E-state index contributed by atoms with van der Waals surface area (Å²) in [5.74, 6) is 0. The number of fused-ring (bicyclic) bond motifs is 1. The molecule has 0 aliphatic carbocycles. The van der Waals surface area contributed by atoms with Crippen molar-refractivity contribution < 1.29 is 0 Å². The molecule has 0 amide bonds. The summed E-state index contributed by atoms with van der Waals surface area (Å²) in [6.07, 6.45) is 2.42. The van der Waals surface area contributed by atoms with E-state index in [0.29, 0.717) is 0 Å². The van der Waals surface area contributed by atoms with Gasteiger partial charge in [0.15, 0.2) is 0 Å². The van der Waals surface area contributed by atoms with Crippen molar-refractivity contribution in [2.75, 3.05) is 11.9 Å². The van der Waals surface area contributed by atoms with Crippen LogP contribution in [0.25, 0.3) is 0 Å². The number of pyridine rings is 1. The van der Waals surface area contributed by atoms with Gasteiger partial charge >= 0.3 is 0 Å². The van der Waals surface area contributed by atoms with Gasteiger partial charge in [0.1, 0.15) is 0 Å². The third kappa shape index (κ3) is 2.99. The second-order valence-electron chi connectivity index (χ2n) is 5.36. The van der Waals surface area contributed by atoms with Crippen molar-refractivity contribution >= 4 is 5.69 Å². The molecule has 1 aliphatic heterocycles. The fraction of sp³-hybridized carbons (Fsp3) is 0.353. The summed E-state index contributed by atoms with van der Waals surface area (Å²) in [5, 5.41) is 7.03. The number of nitrogens with one attached hydrogen (secondary N) is 2. The quantitative estimate of drug-likeness (QED) is 0.894. The van der Waals surface area contributed by atoms with Gasteiger partial charge in [-0.15, -0.1) is 0 Å². The highest BCUT2D eigenvalue weighted by molar-refractivity contribution is 5.59. The van der Waals surface area contributed by atoms with Crippen molar-refractivity contribution in [3.8, 4) is 0 Å². The van der Waals surface area contributed by atoms with Gasteiger partial charge < -0.3 is 10.6 Å². The molecule has 2 N–H and O–H groups in total. The van der Waals surface area contributed by atoms with E-state index < -0.39 is 0 Å². The van der Waals surface area contributed by atoms with Crippen LogP contribution in [-0.4, -0.2) is 11.5 Å². The van der Waals surface area contributed by atoms with Gasteiger partial charge in [0, 0.05) is 31.0 Å². The van der Waals surface area contributed by atoms with E-state index in [1.807, 2.05) is 13.0 Å². The normalized spacial score (nSPS) is 13.7. The zero-order valence-electron chi connectivity index (χ0n) is 11.9. The fourth-order valence-electron chi connectivity index (χ4n) is 2.75. The minimum absolute atomic E-state index is 0.811. The smallest absolute Gasteiger partial charge is 0.0544 e. The molecule has 104 valence electrons. The molecule has 0 saturated heterocycles. The Morgan fingerprint density at radius 1 is 1.15 bits per heavy atom. The summed E-state index contributed by atoms with van der Waals surface area (Å²) in [4.78, 5) is 4.51. The van der Waals surface area contributed by atoms with Gasteiger partial charge in [0.2, 0.25) is 0 Å². The first-order chi connectivity index (χ1) is 9.83. The Kier molecular flexibility index (Phi) is 3.97. The van der Waals surface area contributed by atoms with Gasteiger partial charge in [-0.25, -0.2) is 0 Å². The Morgan fingerprint density at radius 3 is 2.95 bits per heavy atom. The maximum Gasteiger partial charge on any atom is 0.0544 e. The van der Waals surface area contributed by atoms with E-state index in [1.165, 1.54) is 29.7 Å². The predicted octanol–water partition coefficient (Wildman–Crippen LogP) is 3.04. The van der Waals surface area contributed by atoms with Crippen molar-refractivity contribution in [2.24, 2.45) is 0 Å². The highest BCUT2D eigenvalue weighted by Gasteiger charge is 2.11. The molecule has 20 heavy (non-hydrogen) atoms. The molecule has 0 unspecified atom stereocenters. The van der Waals surface area contributed by atoms with E-state index in [9.17, 15) is 0 Å². The molecule has 1 aromatic carbocycles. The van der Waals surface area contributed by atoms with E-state index in [4.69, 9.17) is 0 Å². The molecule has 1 aliphatic rings. The maximum atomic E-state index is 4.51. The average molecular weight is 267 g/mol. The third-order valence-corrected chi connectivity index (χ3v) is 3.73. The van der Waals surface area contributed by atoms with Crippen LogP contribution in [0.4, 0.5) is 5.69 Å². The zero-order valence-corrected chi connectivity index (χ0v) is 11.9. The van der Waals surface area contributed by atoms with Crippen LogP contribution in [0.5, 0.6) is 0 Å². The highest BCUT2D eigenvalue weighted by Crippen LogP contribution is 2.25. The molecule has 3 heteroatoms. The molecule has 0 saturated carbocycles. The molecule has 0 atom stereocenters. The molecule has 3 rings (SSSR count). The molecule has 1 aromatic heterocycles. The minimum Gasteiger partial charge on any atom is -0.385 e. The van der Waals surface area contributed by atoms with Gasteiger partial charge in [-0.05, 0) is 43.0 Å². The topological polar surface area (TPSA) is 37.0 Å². The molecule has 0 bridgehead atoms. The van der Waals surface area contributed by atoms with Gasteiger partial charge in [-0.3, -0.25) is 4.98 Å². The molecule has 0 radical (unpaired) electrons. The lowest BCUT2D eigenvalue weighted by molar-refractivity contribution is 0.676. The van der Waals surface area contributed by atoms with Crippen LogP contribution in [0.1, 0.15) is 28.9 Å². The number of para-hydroxylation sites is 1. The number of hydrogen-bond donors (Lipinski definition) is 2. The molecule has 2 aromatic rings. The number of anilines is 1. The summed E-state index contributed by atoms with van der Waals surface area (Å²) < 4.78 is 0. The van der Waals surface area contributed by atoms with Gasteiger partial charge in [-0.2, -0.15) is 0 Å². The van der Waals surface area contributed by atoms with Crippen molar-refractivity contribution in [2.45, 2.75) is 32.9 Å². The van der Waals surface area contributed by atoms with Crippen molar-refractivity contribution in [1.82, 2.24) is 10.3 Å². The van der Waals surface area contributed by atoms with E-state index in [0.717, 1.165) is 31.0 Å². The standard InChI is InChI=1S/C17H21N3/c1-13-5-2-9-16(20-13)12-18-11-15-7-3-6-14-8-4-10-19-17(14)15/h2-3,5-7,9,18-19H,4,8,10-12H2,1H3. The van der Waals surface area contributed by atoms with Crippen LogP contribution in [0, 0.1) is 6.92 Å². The van der Waals surface area contributed by atoms with E-state index in [1.54, 1.807) is 0 Å². The number of hydrogen-bond acceptors (Lipinski definition) is 3. The second-order valence-corrected chi connectivity index (χ2v) is 5.36. The molecule has 2 heterocycles. The minimum atomic E-state index is 0.811. The third-order valence-electron chi connectivity index (χ3n) is 3.73. The molecular formula is C17H21N3. The lowest BCUT2D eigenvalue weighted by atomic mass is 9.99. The SMILES string of the molecule is Cc1cccc(CNCc2cccc3c2NCCC3)n1. The number of nitrogens with zero attached hydrogens (tertiary/aromatic N) is 1. The van der Waals surface area contributed by atoms with Gasteiger partial charge in [0.25, 0.3) is 0 Å². The van der Waals surface area contributed by atoms with E-state index in [2.05, 4.69) is 45.9 Å². The van der Waals surface area contributed by atoms with Crippen LogP contribution in [-0.2, 0) is 19.5 Å². The van der Waals surface area contributed by atoms with E-state index >= 15 is 0 Å². The van der Waals surface area contributed by atoms with Crippen molar-refractivity contribution in [1.29, 1.82) is 0 Å². The average Bonchev–Trinajstić information content (AvgIpc) is 2.48. The zero-order chi connectivity index (χ0) is 13.8. The second kappa shape index (κ2) is 6.06. The lowest BCUT2D eigenvalue weighted by Crippen LogP contribution is -2.18. The molecule has 0 fully saturated rings. The fourth-order valence-corrected chi connectivity index (χ4v) is 2.75. The summed E-state index contributed by atoms with van der Waals surface area (Å²) in [6, 6.07) is 12.7. The van der Waals surface area contributed by atoms with Gasteiger partial charge in [0.05, 0.1) is 5.69 Å². The summed E-state index contributed by atoms with van der Waals surface area (Å²) in [6.45, 7) is 4.81. The number of rotatable bonds is 4. The Bertz CT molecular complexity index is 593. The first kappa shape index (κ1) is 13.1. The number of benzene rings is 1. The van der Waals surface area contributed by atoms with Crippen LogP contribution in [0.3, 0.4) is 0 Å². The number of aryl methyl sites for hydroxylation is 2. The molecule has 0 spiro atoms. The van der Waals surface area contributed by atoms with E-state index in [-0.39, 0.29) is 0 Å². The summed E-state index contributed by atoms with van der Waals surface area (Å²) >= 11 is 0. The first-order valence-corrected chi connectivity index (χ1v) is 7.31. The van der Waals surface area contributed by atoms with Gasteiger partial charge in [-0.1, -0.05) is 24.3 Å². The van der Waals surface area contributed by atoms with Crippen molar-refractivity contribution in [3.05, 3.63) is 58.9 Å². The predicted molar refractivity (Wildman–Crippen MR) is 82.8 cm³/mol. The Balaban J connectivity index is 1.64. The largest absolute Gasteiger partial charge is 0.385 e. The number of aromatic nitrogens is 1. The van der Waals surface area contributed by atoms with Crippen LogP contribution < -0.4 is 10.6 Å². The Morgan fingerprint density at radius 2 is 2.05 bits per heavy atom. The van der Waals surface area contributed by atoms with Crippen LogP contribution in [0.15, 0.2) is 36.4 Å². The highest BCUT2D eigenvalue weighted by atomic mass is 14.9. The lowest BCUT2D eigenvalue weighted by Gasteiger charge is -2.21.